The van der Waals surface area contributed by atoms with Crippen LogP contribution in [-0.2, 0) is 11.2 Å². The van der Waals surface area contributed by atoms with Gasteiger partial charge in [0, 0.05) is 22.3 Å². The average molecular weight is 385 g/mol. The highest BCUT2D eigenvalue weighted by molar-refractivity contribution is 14.1. The van der Waals surface area contributed by atoms with Crippen molar-refractivity contribution in [2.24, 2.45) is 0 Å². The van der Waals surface area contributed by atoms with E-state index in [9.17, 15) is 0 Å². The van der Waals surface area contributed by atoms with Crippen molar-refractivity contribution in [1.29, 1.82) is 0 Å². The molecule has 1 aromatic carbocycles. The predicted molar refractivity (Wildman–Crippen MR) is 84.2 cm³/mol. The second-order valence-electron chi connectivity index (χ2n) is 4.94. The molecule has 2 aromatic rings. The first-order valence-corrected chi connectivity index (χ1v) is 7.80. The van der Waals surface area contributed by atoms with E-state index in [2.05, 4.69) is 32.7 Å². The molecule has 3 rings (SSSR count). The summed E-state index contributed by atoms with van der Waals surface area (Å²) in [5, 5.41) is 4.03. The molecule has 20 heavy (non-hydrogen) atoms. The minimum absolute atomic E-state index is 0.211. The van der Waals surface area contributed by atoms with E-state index >= 15 is 0 Å². The minimum Gasteiger partial charge on any atom is -0.398 e. The number of ether oxygens (including phenoxy) is 1. The molecule has 1 atom stereocenters. The van der Waals surface area contributed by atoms with Crippen LogP contribution in [-0.4, -0.2) is 22.9 Å². The fourth-order valence-electron chi connectivity index (χ4n) is 2.33. The van der Waals surface area contributed by atoms with Gasteiger partial charge in [-0.05, 0) is 60.1 Å². The lowest BCUT2D eigenvalue weighted by molar-refractivity contribution is 0.0153. The Balaban J connectivity index is 1.77. The molecule has 1 unspecified atom stereocenters. The number of nitrogen functional groups attached to an aromatic ring is 1. The molecule has 0 bridgehead atoms. The van der Waals surface area contributed by atoms with Crippen molar-refractivity contribution in [3.05, 3.63) is 27.6 Å². The van der Waals surface area contributed by atoms with Crippen LogP contribution in [0.4, 0.5) is 5.69 Å². The van der Waals surface area contributed by atoms with Gasteiger partial charge in [-0.2, -0.15) is 4.98 Å². The van der Waals surface area contributed by atoms with Crippen molar-refractivity contribution in [2.75, 3.05) is 12.3 Å². The highest BCUT2D eigenvalue weighted by Gasteiger charge is 2.19. The SMILES string of the molecule is Nc1ccc(I)cc1-c1nc(CC2CCCCO2)no1. The Kier molecular flexibility index (Phi) is 4.21. The Hall–Kier alpha value is -1.15. The van der Waals surface area contributed by atoms with Gasteiger partial charge in [-0.3, -0.25) is 0 Å². The summed E-state index contributed by atoms with van der Waals surface area (Å²) in [7, 11) is 0. The van der Waals surface area contributed by atoms with E-state index in [4.69, 9.17) is 15.0 Å². The minimum atomic E-state index is 0.211. The Labute approximate surface area is 131 Å². The molecule has 1 aliphatic rings. The average Bonchev–Trinajstić information content (AvgIpc) is 2.91. The molecule has 0 amide bonds. The van der Waals surface area contributed by atoms with Crippen LogP contribution in [0.5, 0.6) is 0 Å². The monoisotopic (exact) mass is 385 g/mol. The van der Waals surface area contributed by atoms with Gasteiger partial charge in [-0.25, -0.2) is 0 Å². The molecule has 2 N–H and O–H groups in total. The van der Waals surface area contributed by atoms with Crippen molar-refractivity contribution in [3.8, 4) is 11.5 Å². The largest absolute Gasteiger partial charge is 0.398 e. The van der Waals surface area contributed by atoms with Crippen LogP contribution in [0.25, 0.3) is 11.5 Å². The third kappa shape index (κ3) is 3.12. The van der Waals surface area contributed by atoms with Crippen LogP contribution in [0.15, 0.2) is 22.7 Å². The Bertz CT molecular complexity index is 594. The van der Waals surface area contributed by atoms with Crippen molar-refractivity contribution >= 4 is 28.3 Å². The molecular formula is C14H16IN3O2. The summed E-state index contributed by atoms with van der Waals surface area (Å²) < 4.78 is 12.1. The summed E-state index contributed by atoms with van der Waals surface area (Å²) in [5.74, 6) is 1.16. The highest BCUT2D eigenvalue weighted by atomic mass is 127. The number of nitrogens with two attached hydrogens (primary N) is 1. The van der Waals surface area contributed by atoms with Gasteiger partial charge in [0.15, 0.2) is 5.82 Å². The van der Waals surface area contributed by atoms with Gasteiger partial charge in [0.2, 0.25) is 0 Å². The number of halogens is 1. The maximum atomic E-state index is 5.96. The molecule has 1 saturated heterocycles. The van der Waals surface area contributed by atoms with Crippen molar-refractivity contribution in [2.45, 2.75) is 31.8 Å². The zero-order chi connectivity index (χ0) is 13.9. The molecule has 0 aliphatic carbocycles. The third-order valence-corrected chi connectivity index (χ3v) is 4.07. The second-order valence-corrected chi connectivity index (χ2v) is 6.19. The summed E-state index contributed by atoms with van der Waals surface area (Å²) in [4.78, 5) is 4.44. The lowest BCUT2D eigenvalue weighted by atomic mass is 10.1. The number of aromatic nitrogens is 2. The first kappa shape index (κ1) is 13.8. The molecule has 0 spiro atoms. The van der Waals surface area contributed by atoms with E-state index in [1.807, 2.05) is 18.2 Å². The van der Waals surface area contributed by atoms with Gasteiger partial charge in [0.1, 0.15) is 0 Å². The van der Waals surface area contributed by atoms with Gasteiger partial charge < -0.3 is 15.0 Å². The topological polar surface area (TPSA) is 74.2 Å². The molecule has 2 heterocycles. The third-order valence-electron chi connectivity index (χ3n) is 3.40. The van der Waals surface area contributed by atoms with E-state index < -0.39 is 0 Å². The zero-order valence-electron chi connectivity index (χ0n) is 11.0. The molecule has 1 aliphatic heterocycles. The molecule has 0 radical (unpaired) electrons. The van der Waals surface area contributed by atoms with Crippen LogP contribution in [0.1, 0.15) is 25.1 Å². The van der Waals surface area contributed by atoms with E-state index in [1.54, 1.807) is 0 Å². The van der Waals surface area contributed by atoms with E-state index in [1.165, 1.54) is 6.42 Å². The number of benzene rings is 1. The maximum Gasteiger partial charge on any atom is 0.260 e. The van der Waals surface area contributed by atoms with Crippen molar-refractivity contribution in [1.82, 2.24) is 10.1 Å². The number of anilines is 1. The number of nitrogens with zero attached hydrogens (tertiary/aromatic N) is 2. The summed E-state index contributed by atoms with van der Waals surface area (Å²) in [6.07, 6.45) is 4.33. The van der Waals surface area contributed by atoms with Gasteiger partial charge in [0.25, 0.3) is 5.89 Å². The lowest BCUT2D eigenvalue weighted by Gasteiger charge is -2.20. The normalized spacial score (nSPS) is 19.1. The number of hydrogen-bond donors (Lipinski definition) is 1. The van der Waals surface area contributed by atoms with E-state index in [0.29, 0.717) is 23.8 Å². The summed E-state index contributed by atoms with van der Waals surface area (Å²) >= 11 is 2.23. The Morgan fingerprint density at radius 3 is 3.05 bits per heavy atom. The molecule has 6 heteroatoms. The smallest absolute Gasteiger partial charge is 0.260 e. The van der Waals surface area contributed by atoms with Crippen LogP contribution in [0, 0.1) is 3.57 Å². The molecule has 5 nitrogen and oxygen atoms in total. The fourth-order valence-corrected chi connectivity index (χ4v) is 2.82. The second kappa shape index (κ2) is 6.09. The molecule has 1 fully saturated rings. The van der Waals surface area contributed by atoms with Crippen LogP contribution < -0.4 is 5.73 Å². The summed E-state index contributed by atoms with van der Waals surface area (Å²) in [6, 6.07) is 5.75. The predicted octanol–water partition coefficient (Wildman–Crippen LogP) is 3.04. The van der Waals surface area contributed by atoms with Gasteiger partial charge in [0.05, 0.1) is 11.7 Å². The Morgan fingerprint density at radius 2 is 2.25 bits per heavy atom. The quantitative estimate of drug-likeness (QED) is 0.650. The Morgan fingerprint density at radius 1 is 1.35 bits per heavy atom. The first-order chi connectivity index (χ1) is 9.72. The first-order valence-electron chi connectivity index (χ1n) is 6.72. The fraction of sp³-hybridized carbons (Fsp3) is 0.429. The number of rotatable bonds is 3. The molecular weight excluding hydrogens is 369 g/mol. The zero-order valence-corrected chi connectivity index (χ0v) is 13.2. The summed E-state index contributed by atoms with van der Waals surface area (Å²) in [5.41, 5.74) is 7.40. The highest BCUT2D eigenvalue weighted by Crippen LogP contribution is 2.26. The van der Waals surface area contributed by atoms with Gasteiger partial charge in [-0.1, -0.05) is 5.16 Å². The molecule has 0 saturated carbocycles. The molecule has 106 valence electrons. The lowest BCUT2D eigenvalue weighted by Crippen LogP contribution is -2.21. The number of hydrogen-bond acceptors (Lipinski definition) is 5. The molecule has 1 aromatic heterocycles. The standard InChI is InChI=1S/C14H16IN3O2/c15-9-4-5-12(16)11(7-9)14-17-13(18-20-14)8-10-3-1-2-6-19-10/h4-5,7,10H,1-3,6,8,16H2. The van der Waals surface area contributed by atoms with Crippen molar-refractivity contribution in [3.63, 3.8) is 0 Å². The van der Waals surface area contributed by atoms with Gasteiger partial charge in [-0.15, -0.1) is 0 Å². The van der Waals surface area contributed by atoms with Crippen LogP contribution in [0.3, 0.4) is 0 Å². The van der Waals surface area contributed by atoms with Crippen LogP contribution in [0.2, 0.25) is 0 Å². The summed E-state index contributed by atoms with van der Waals surface area (Å²) in [6.45, 7) is 0.833. The van der Waals surface area contributed by atoms with E-state index in [0.717, 1.165) is 28.6 Å². The van der Waals surface area contributed by atoms with Gasteiger partial charge >= 0.3 is 0 Å². The maximum absolute atomic E-state index is 5.96. The van der Waals surface area contributed by atoms with E-state index in [-0.39, 0.29) is 6.10 Å². The van der Waals surface area contributed by atoms with Crippen LogP contribution >= 0.6 is 22.6 Å². The van der Waals surface area contributed by atoms with Crippen molar-refractivity contribution < 1.29 is 9.26 Å².